The molecule has 14 heteroatoms. The van der Waals surface area contributed by atoms with Gasteiger partial charge in [-0.05, 0) is 135 Å². The standard InChI is InChI=1S/C76H84N4.2ClHO4/c1-7-9-51-77-63-33-19-17-31-61(63)75(47-21-11-22-48-75)69(77)37-25-35-67-73(3,4)71-59-29-15-13-27-57(59)43-45-65(71)79(67)53-55-39-41-56(42-40-55)54-80-66-46-44-58-28-14-16-30-60(58)72(66)74(5,6)68(80)36-26-38-70-76(49-23-12-24-50-76)62-32-18-20-34-64(62)78(70)52-10-8-2;2*2-1(3,4)5/h13-20,25-46H,7-12,21-24,47-54H2,1-6H3;2*(H,2,3,4,5)/q+2;;/p-2. The van der Waals surface area contributed by atoms with Crippen molar-refractivity contribution in [2.24, 2.45) is 0 Å². The quantitative estimate of drug-likeness (QED) is 0.0946. The Bertz CT molecular complexity index is 3700. The van der Waals surface area contributed by atoms with Crippen molar-refractivity contribution in [3.8, 4) is 0 Å². The van der Waals surface area contributed by atoms with Gasteiger partial charge in [-0.1, -0.05) is 187 Å². The fourth-order valence-electron chi connectivity index (χ4n) is 16.2. The van der Waals surface area contributed by atoms with Gasteiger partial charge in [0.05, 0.1) is 10.8 Å². The van der Waals surface area contributed by atoms with Gasteiger partial charge in [0.25, 0.3) is 0 Å². The predicted molar refractivity (Wildman–Crippen MR) is 339 cm³/mol. The Morgan fingerprint density at radius 3 is 1.14 bits per heavy atom. The second-order valence-electron chi connectivity index (χ2n) is 26.3. The van der Waals surface area contributed by atoms with Crippen LogP contribution >= 0.6 is 0 Å². The number of hydrogen-bond donors (Lipinski definition) is 0. The molecule has 2 spiro atoms. The number of benzene rings is 7. The number of fused-ring (bicyclic) bond motifs is 10. The average molecular weight is 1250 g/mol. The van der Waals surface area contributed by atoms with Gasteiger partial charge < -0.3 is 9.80 Å². The summed E-state index contributed by atoms with van der Waals surface area (Å²) in [5.41, 5.74) is 19.6. The van der Waals surface area contributed by atoms with E-state index in [1.165, 1.54) is 179 Å². The second kappa shape index (κ2) is 26.4. The topological polar surface area (TPSA) is 197 Å². The highest BCUT2D eigenvalue weighted by atomic mass is 35.7. The molecule has 7 aromatic carbocycles. The predicted octanol–water partition coefficient (Wildman–Crippen LogP) is 9.56. The first-order chi connectivity index (χ1) is 43.1. The van der Waals surface area contributed by atoms with Gasteiger partial charge in [-0.3, -0.25) is 0 Å². The van der Waals surface area contributed by atoms with E-state index in [-0.39, 0.29) is 21.7 Å². The lowest BCUT2D eigenvalue weighted by molar-refractivity contribution is -2.00. The maximum Gasteiger partial charge on any atom is 0.210 e. The number of rotatable bonds is 14. The third-order valence-corrected chi connectivity index (χ3v) is 20.1. The molecule has 0 radical (unpaired) electrons. The summed E-state index contributed by atoms with van der Waals surface area (Å²) in [4.78, 5) is 5.39. The van der Waals surface area contributed by atoms with Crippen LogP contribution in [-0.2, 0) is 34.7 Å². The molecular formula is C76H84Cl2N4O8. The maximum absolute atomic E-state index is 8.49. The van der Waals surface area contributed by atoms with E-state index in [4.69, 9.17) is 37.3 Å². The van der Waals surface area contributed by atoms with E-state index in [1.54, 1.807) is 11.1 Å². The molecule has 90 heavy (non-hydrogen) atoms. The monoisotopic (exact) mass is 1250 g/mol. The summed E-state index contributed by atoms with van der Waals surface area (Å²) in [7, 11) is -9.89. The Hall–Kier alpha value is -6.78. The number of halogens is 2. The number of nitrogens with zero attached hydrogens (tertiary/aromatic N) is 4. The van der Waals surface area contributed by atoms with Crippen LogP contribution in [-0.4, -0.2) is 33.7 Å². The third-order valence-electron chi connectivity index (χ3n) is 20.1. The number of hydrogen-bond acceptors (Lipinski definition) is 10. The lowest BCUT2D eigenvalue weighted by Gasteiger charge is -2.37. The van der Waals surface area contributed by atoms with E-state index in [0.717, 1.165) is 26.2 Å². The number of para-hydroxylation sites is 2. The van der Waals surface area contributed by atoms with Gasteiger partial charge in [-0.25, -0.2) is 37.3 Å². The number of allylic oxidation sites excluding steroid dienone is 8. The molecule has 0 N–H and O–H groups in total. The number of unbranched alkanes of at least 4 members (excludes halogenated alkanes) is 2. The molecule has 470 valence electrons. The van der Waals surface area contributed by atoms with Crippen molar-refractivity contribution in [1.82, 2.24) is 0 Å². The SMILES string of the molecule is CCCCN1/C(=C/C=C/C2=[N+](Cc3ccc(C[N+]4=C(/C=C/C=C5/N(CCCC)c6ccccc6C56CCCCC6)C(C)(C)c5c4ccc4ccccc54)cc3)c3ccc4ccccc4c3C2(C)C)C2(CCCCC2)c2ccccc21.[O-][Cl+3]([O-])([O-])[O-].[O-][Cl+3]([O-])([O-])[O-]. The zero-order chi connectivity index (χ0) is 63.6. The molecule has 2 saturated carbocycles. The number of anilines is 2. The minimum Gasteiger partial charge on any atom is -0.344 e. The molecule has 13 rings (SSSR count). The van der Waals surface area contributed by atoms with Crippen LogP contribution in [0, 0.1) is 20.5 Å². The molecule has 4 aliphatic heterocycles. The molecule has 4 heterocycles. The molecule has 6 aliphatic rings. The highest BCUT2D eigenvalue weighted by molar-refractivity contribution is 6.09. The average Bonchev–Trinajstić information content (AvgIpc) is 1.60. The summed E-state index contributed by atoms with van der Waals surface area (Å²) in [6, 6.07) is 55.8. The highest BCUT2D eigenvalue weighted by Crippen LogP contribution is 2.57. The van der Waals surface area contributed by atoms with Crippen molar-refractivity contribution >= 4 is 55.7 Å². The highest BCUT2D eigenvalue weighted by Gasteiger charge is 2.50. The summed E-state index contributed by atoms with van der Waals surface area (Å²) in [5, 5.41) is 5.31. The van der Waals surface area contributed by atoms with Gasteiger partial charge in [0.15, 0.2) is 24.5 Å². The Morgan fingerprint density at radius 1 is 0.433 bits per heavy atom. The van der Waals surface area contributed by atoms with Crippen molar-refractivity contribution in [2.45, 2.75) is 166 Å². The summed E-state index contributed by atoms with van der Waals surface area (Å²) in [6.07, 6.45) is 32.4. The van der Waals surface area contributed by atoms with Crippen LogP contribution in [0.15, 0.2) is 193 Å². The Balaban J connectivity index is 0.000000775. The van der Waals surface area contributed by atoms with E-state index in [2.05, 4.69) is 243 Å². The molecule has 0 aromatic heterocycles. The Morgan fingerprint density at radius 2 is 0.778 bits per heavy atom. The molecule has 2 aliphatic carbocycles. The molecule has 0 amide bonds. The zero-order valence-corrected chi connectivity index (χ0v) is 54.4. The van der Waals surface area contributed by atoms with Gasteiger partial charge in [-0.2, -0.15) is 9.15 Å². The minimum absolute atomic E-state index is 0.0902. The van der Waals surface area contributed by atoms with Gasteiger partial charge in [-0.15, -0.1) is 20.5 Å². The lowest BCUT2D eigenvalue weighted by atomic mass is 9.68. The molecule has 2 fully saturated rings. The van der Waals surface area contributed by atoms with Gasteiger partial charge in [0, 0.05) is 93.2 Å². The van der Waals surface area contributed by atoms with E-state index in [9.17, 15) is 0 Å². The van der Waals surface area contributed by atoms with E-state index in [1.807, 2.05) is 0 Å². The van der Waals surface area contributed by atoms with Gasteiger partial charge >= 0.3 is 0 Å². The third kappa shape index (κ3) is 12.9. The first-order valence-electron chi connectivity index (χ1n) is 32.3. The van der Waals surface area contributed by atoms with Crippen molar-refractivity contribution in [2.75, 3.05) is 22.9 Å². The van der Waals surface area contributed by atoms with Crippen molar-refractivity contribution in [3.05, 3.63) is 227 Å². The molecule has 0 unspecified atom stereocenters. The first kappa shape index (κ1) is 64.7. The first-order valence-corrected chi connectivity index (χ1v) is 34.7. The van der Waals surface area contributed by atoms with Crippen LogP contribution in [0.5, 0.6) is 0 Å². The van der Waals surface area contributed by atoms with E-state index < -0.39 is 20.5 Å². The van der Waals surface area contributed by atoms with Gasteiger partial charge in [0.1, 0.15) is 0 Å². The van der Waals surface area contributed by atoms with Crippen LogP contribution in [0.2, 0.25) is 0 Å². The fraction of sp³-hybridized carbons (Fsp3) is 0.368. The summed E-state index contributed by atoms with van der Waals surface area (Å²) in [6.45, 7) is 18.2. The molecule has 12 nitrogen and oxygen atoms in total. The van der Waals surface area contributed by atoms with Crippen LogP contribution in [0.4, 0.5) is 22.7 Å². The Labute approximate surface area is 535 Å². The van der Waals surface area contributed by atoms with Crippen LogP contribution in [0.3, 0.4) is 0 Å². The molecule has 0 atom stereocenters. The van der Waals surface area contributed by atoms with Crippen LogP contribution in [0.1, 0.15) is 165 Å². The van der Waals surface area contributed by atoms with Crippen molar-refractivity contribution in [3.63, 3.8) is 0 Å². The lowest BCUT2D eigenvalue weighted by Crippen LogP contribution is -2.68. The molecule has 0 bridgehead atoms. The van der Waals surface area contributed by atoms with Crippen molar-refractivity contribution in [1.29, 1.82) is 0 Å². The van der Waals surface area contributed by atoms with E-state index in [0.29, 0.717) is 0 Å². The van der Waals surface area contributed by atoms with Gasteiger partial charge in [0.2, 0.25) is 11.4 Å². The summed E-state index contributed by atoms with van der Waals surface area (Å²) in [5.74, 6) is 0. The molecular weight excluding hydrogens is 1170 g/mol. The smallest absolute Gasteiger partial charge is 0.210 e. The zero-order valence-electron chi connectivity index (χ0n) is 52.9. The largest absolute Gasteiger partial charge is 0.344 e. The molecule has 0 saturated heterocycles. The van der Waals surface area contributed by atoms with Crippen molar-refractivity contribution < 1.29 is 66.9 Å². The summed E-state index contributed by atoms with van der Waals surface area (Å²) < 4.78 is 73.2. The minimum atomic E-state index is -4.94. The van der Waals surface area contributed by atoms with E-state index >= 15 is 0 Å². The normalized spacial score (nSPS) is 19.5. The second-order valence-corrected chi connectivity index (χ2v) is 27.8. The maximum atomic E-state index is 8.49. The molecule has 7 aromatic rings. The summed E-state index contributed by atoms with van der Waals surface area (Å²) >= 11 is 0. The van der Waals surface area contributed by atoms with Crippen LogP contribution < -0.4 is 47.1 Å². The van der Waals surface area contributed by atoms with Crippen LogP contribution in [0.25, 0.3) is 21.5 Å². The Kier molecular flexibility index (Phi) is 19.0. The fourth-order valence-corrected chi connectivity index (χ4v) is 16.2.